The Balaban J connectivity index is 1.59. The molecule has 4 aliphatic carbocycles. The van der Waals surface area contributed by atoms with Gasteiger partial charge in [-0.05, 0) is 87.4 Å². The molecule has 0 radical (unpaired) electrons. The van der Waals surface area contributed by atoms with Gasteiger partial charge in [-0.2, -0.15) is 5.26 Å². The lowest BCUT2D eigenvalue weighted by atomic mass is 9.45. The van der Waals surface area contributed by atoms with Gasteiger partial charge in [0.05, 0.1) is 17.6 Å². The van der Waals surface area contributed by atoms with Crippen LogP contribution in [0, 0.1) is 51.2 Å². The Morgan fingerprint density at radius 1 is 1.13 bits per heavy atom. The first-order valence-corrected chi connectivity index (χ1v) is 12.9. The van der Waals surface area contributed by atoms with Crippen LogP contribution >= 0.6 is 0 Å². The van der Waals surface area contributed by atoms with E-state index in [1.165, 1.54) is 19.3 Å². The number of aliphatic hydroxyl groups is 1. The predicted molar refractivity (Wildman–Crippen MR) is 124 cm³/mol. The van der Waals surface area contributed by atoms with Crippen LogP contribution in [-0.2, 0) is 4.79 Å². The normalized spacial score (nSPS) is 43.1. The average molecular weight is 426 g/mol. The van der Waals surface area contributed by atoms with E-state index in [1.807, 2.05) is 13.8 Å². The van der Waals surface area contributed by atoms with Gasteiger partial charge in [0.1, 0.15) is 5.78 Å². The summed E-state index contributed by atoms with van der Waals surface area (Å²) in [4.78, 5) is 12.2. The zero-order valence-electron chi connectivity index (χ0n) is 20.5. The number of hydrogen-bond donors (Lipinski definition) is 1. The van der Waals surface area contributed by atoms with Crippen LogP contribution in [0.4, 0.5) is 0 Å². The summed E-state index contributed by atoms with van der Waals surface area (Å²) in [5, 5.41) is 20.6. The second kappa shape index (κ2) is 8.02. The van der Waals surface area contributed by atoms with Crippen molar-refractivity contribution in [3.05, 3.63) is 11.1 Å². The molecule has 172 valence electrons. The number of allylic oxidation sites excluding steroid dienone is 2. The van der Waals surface area contributed by atoms with Crippen molar-refractivity contribution in [3.63, 3.8) is 0 Å². The molecule has 0 aliphatic heterocycles. The Bertz CT molecular complexity index is 806. The predicted octanol–water partition coefficient (Wildman–Crippen LogP) is 6.61. The number of ketones is 1. The maximum Gasteiger partial charge on any atom is 0.135 e. The number of rotatable bonds is 5. The van der Waals surface area contributed by atoms with Crippen LogP contribution in [0.5, 0.6) is 0 Å². The number of hydrogen-bond acceptors (Lipinski definition) is 3. The second-order valence-corrected chi connectivity index (χ2v) is 12.3. The lowest BCUT2D eigenvalue weighted by Crippen LogP contribution is -2.51. The Morgan fingerprint density at radius 2 is 1.87 bits per heavy atom. The quantitative estimate of drug-likeness (QED) is 0.504. The number of Topliss-reactive ketones (excluding diaryl/α,β-unsaturated/α-hetero) is 1. The molecule has 0 aromatic heterocycles. The highest BCUT2D eigenvalue weighted by atomic mass is 16.3. The summed E-state index contributed by atoms with van der Waals surface area (Å²) in [6.45, 7) is 11.3. The topological polar surface area (TPSA) is 61.1 Å². The van der Waals surface area contributed by atoms with Crippen LogP contribution in [0.15, 0.2) is 11.1 Å². The number of carbonyl (C=O) groups excluding carboxylic acids is 1. The Hall–Kier alpha value is -1.14. The summed E-state index contributed by atoms with van der Waals surface area (Å²) >= 11 is 0. The molecule has 0 aromatic carbocycles. The molecule has 0 spiro atoms. The van der Waals surface area contributed by atoms with Crippen molar-refractivity contribution in [2.45, 2.75) is 111 Å². The van der Waals surface area contributed by atoms with Gasteiger partial charge in [0.15, 0.2) is 0 Å². The van der Waals surface area contributed by atoms with Gasteiger partial charge in [-0.25, -0.2) is 0 Å². The van der Waals surface area contributed by atoms with Crippen LogP contribution in [0.3, 0.4) is 0 Å². The van der Waals surface area contributed by atoms with Crippen LogP contribution < -0.4 is 0 Å². The third kappa shape index (κ3) is 3.43. The Morgan fingerprint density at radius 3 is 2.55 bits per heavy atom. The van der Waals surface area contributed by atoms with Crippen molar-refractivity contribution in [3.8, 4) is 6.07 Å². The summed E-state index contributed by atoms with van der Waals surface area (Å²) in [5.41, 5.74) is 3.23. The van der Waals surface area contributed by atoms with E-state index in [2.05, 4.69) is 26.8 Å². The van der Waals surface area contributed by atoms with E-state index in [9.17, 15) is 15.2 Å². The zero-order chi connectivity index (χ0) is 22.6. The van der Waals surface area contributed by atoms with Crippen molar-refractivity contribution in [1.82, 2.24) is 0 Å². The number of carbonyl (C=O) groups is 1. The van der Waals surface area contributed by atoms with E-state index < -0.39 is 0 Å². The Labute approximate surface area is 189 Å². The summed E-state index contributed by atoms with van der Waals surface area (Å²) in [6.07, 6.45) is 10.8. The third-order valence-electron chi connectivity index (χ3n) is 10.6. The molecular weight excluding hydrogens is 382 g/mol. The molecule has 0 amide bonds. The number of aliphatic hydroxyl groups excluding tert-OH is 1. The highest BCUT2D eigenvalue weighted by Crippen LogP contribution is 2.68. The molecule has 0 unspecified atom stereocenters. The van der Waals surface area contributed by atoms with Crippen molar-refractivity contribution < 1.29 is 9.90 Å². The summed E-state index contributed by atoms with van der Waals surface area (Å²) in [6, 6.07) is 2.73. The van der Waals surface area contributed by atoms with E-state index in [0.29, 0.717) is 35.4 Å². The molecule has 4 rings (SSSR count). The van der Waals surface area contributed by atoms with Crippen LogP contribution in [-0.4, -0.2) is 17.0 Å². The van der Waals surface area contributed by atoms with Gasteiger partial charge in [0.25, 0.3) is 0 Å². The average Bonchev–Trinajstić information content (AvgIpc) is 3.09. The number of nitrogens with zero attached hydrogens (tertiary/aromatic N) is 1. The fourth-order valence-corrected chi connectivity index (χ4v) is 8.53. The van der Waals surface area contributed by atoms with E-state index in [0.717, 1.165) is 44.9 Å². The molecule has 0 aromatic rings. The van der Waals surface area contributed by atoms with Gasteiger partial charge in [-0.15, -0.1) is 0 Å². The standard InChI is InChI=1S/C28H43NO2/c1-18(2)25(31)9-6-19(3)22-7-8-23-21-11-15-28(17-29)16-20(30)10-14-27(28,5)24(21)12-13-26(22,23)4/h18-20,22-23,30H,6-16H2,1-5H3/t19-,20+,22-,23+,26-,27-,28+/m1/s1. The van der Waals surface area contributed by atoms with E-state index in [-0.39, 0.29) is 22.9 Å². The van der Waals surface area contributed by atoms with Crippen molar-refractivity contribution >= 4 is 5.78 Å². The lowest BCUT2D eigenvalue weighted by molar-refractivity contribution is -0.122. The van der Waals surface area contributed by atoms with Crippen LogP contribution in [0.25, 0.3) is 0 Å². The fourth-order valence-electron chi connectivity index (χ4n) is 8.53. The minimum atomic E-state index is -0.375. The lowest BCUT2D eigenvalue weighted by Gasteiger charge is -2.58. The largest absolute Gasteiger partial charge is 0.393 e. The molecule has 7 atom stereocenters. The maximum atomic E-state index is 12.2. The number of fused-ring (bicyclic) bond motifs is 4. The SMILES string of the molecule is CC(C)C(=O)CC[C@@H](C)[C@H]1CC[C@H]2C3=C(CC[C@]12C)[C@@]1(C)CC[C@H](O)C[C@]1(C#N)CC3. The molecule has 0 bridgehead atoms. The van der Waals surface area contributed by atoms with Gasteiger partial charge < -0.3 is 5.11 Å². The van der Waals surface area contributed by atoms with Gasteiger partial charge in [-0.1, -0.05) is 45.8 Å². The second-order valence-electron chi connectivity index (χ2n) is 12.3. The molecular formula is C28H43NO2. The van der Waals surface area contributed by atoms with Crippen LogP contribution in [0.1, 0.15) is 105 Å². The maximum absolute atomic E-state index is 12.2. The van der Waals surface area contributed by atoms with E-state index >= 15 is 0 Å². The summed E-state index contributed by atoms with van der Waals surface area (Å²) < 4.78 is 0. The molecule has 2 fully saturated rings. The minimum Gasteiger partial charge on any atom is -0.393 e. The first kappa shape index (κ1) is 23.0. The smallest absolute Gasteiger partial charge is 0.135 e. The minimum absolute atomic E-state index is 0.0523. The van der Waals surface area contributed by atoms with Gasteiger partial charge in [-0.3, -0.25) is 4.79 Å². The fraction of sp³-hybridized carbons (Fsp3) is 0.857. The van der Waals surface area contributed by atoms with Gasteiger partial charge in [0, 0.05) is 17.8 Å². The molecule has 2 saturated carbocycles. The monoisotopic (exact) mass is 425 g/mol. The first-order valence-electron chi connectivity index (χ1n) is 12.9. The first-order chi connectivity index (χ1) is 14.6. The molecule has 31 heavy (non-hydrogen) atoms. The molecule has 3 heteroatoms. The van der Waals surface area contributed by atoms with Gasteiger partial charge >= 0.3 is 0 Å². The third-order valence-corrected chi connectivity index (χ3v) is 10.6. The van der Waals surface area contributed by atoms with Gasteiger partial charge in [0.2, 0.25) is 0 Å². The molecule has 3 nitrogen and oxygen atoms in total. The van der Waals surface area contributed by atoms with Crippen molar-refractivity contribution in [1.29, 1.82) is 5.26 Å². The van der Waals surface area contributed by atoms with Crippen molar-refractivity contribution in [2.75, 3.05) is 0 Å². The highest BCUT2D eigenvalue weighted by Gasteiger charge is 2.60. The molecule has 0 heterocycles. The van der Waals surface area contributed by atoms with Crippen LogP contribution in [0.2, 0.25) is 0 Å². The Kier molecular flexibility index (Phi) is 5.96. The summed E-state index contributed by atoms with van der Waals surface area (Å²) in [5.74, 6) is 2.52. The highest BCUT2D eigenvalue weighted by molar-refractivity contribution is 5.80. The number of nitriles is 1. The van der Waals surface area contributed by atoms with Crippen molar-refractivity contribution in [2.24, 2.45) is 39.9 Å². The molecule has 0 saturated heterocycles. The van der Waals surface area contributed by atoms with E-state index in [1.54, 1.807) is 11.1 Å². The van der Waals surface area contributed by atoms with E-state index in [4.69, 9.17) is 0 Å². The summed E-state index contributed by atoms with van der Waals surface area (Å²) in [7, 11) is 0. The molecule has 1 N–H and O–H groups in total. The zero-order valence-corrected chi connectivity index (χ0v) is 20.5. The molecule has 4 aliphatic rings.